The van der Waals surface area contributed by atoms with Crippen molar-refractivity contribution in [2.45, 2.75) is 118 Å². The highest BCUT2D eigenvalue weighted by Crippen LogP contribution is 2.78. The van der Waals surface area contributed by atoms with Crippen LogP contribution < -0.4 is 0 Å². The Bertz CT molecular complexity index is 1240. The molecular formula is C37H52O4. The van der Waals surface area contributed by atoms with E-state index in [1.54, 1.807) is 0 Å². The molecule has 1 unspecified atom stereocenters. The molecule has 5 saturated carbocycles. The zero-order valence-electron chi connectivity index (χ0n) is 26.5. The van der Waals surface area contributed by atoms with Crippen LogP contribution in [0, 0.1) is 62.6 Å². The highest BCUT2D eigenvalue weighted by atomic mass is 16.6. The van der Waals surface area contributed by atoms with Gasteiger partial charge in [-0.1, -0.05) is 66.7 Å². The molecule has 5 aliphatic carbocycles. The number of fused-ring (bicyclic) bond motifs is 4. The third-order valence-corrected chi connectivity index (χ3v) is 15.4. The number of hydrogen-bond acceptors (Lipinski definition) is 4. The average Bonchev–Trinajstić information content (AvgIpc) is 2.93. The zero-order valence-corrected chi connectivity index (χ0v) is 26.5. The van der Waals surface area contributed by atoms with E-state index in [2.05, 4.69) is 48.5 Å². The summed E-state index contributed by atoms with van der Waals surface area (Å²) in [5, 5.41) is 0. The van der Waals surface area contributed by atoms with Gasteiger partial charge in [-0.25, -0.2) is 4.79 Å². The number of benzene rings is 1. The van der Waals surface area contributed by atoms with Crippen LogP contribution in [0.25, 0.3) is 0 Å². The van der Waals surface area contributed by atoms with Crippen LogP contribution in [-0.4, -0.2) is 24.1 Å². The second-order valence-corrected chi connectivity index (χ2v) is 16.9. The Hall–Kier alpha value is -1.84. The Labute approximate surface area is 247 Å². The first-order valence-corrected chi connectivity index (χ1v) is 16.8. The Morgan fingerprint density at radius 1 is 0.829 bits per heavy atom. The number of ether oxygens (including phenoxy) is 2. The van der Waals surface area contributed by atoms with Crippen LogP contribution >= 0.6 is 0 Å². The second-order valence-electron chi connectivity index (χ2n) is 16.9. The van der Waals surface area contributed by atoms with E-state index < -0.39 is 0 Å². The van der Waals surface area contributed by atoms with E-state index in [-0.39, 0.29) is 51.2 Å². The molecule has 0 radical (unpaired) electrons. The van der Waals surface area contributed by atoms with Crippen molar-refractivity contribution in [1.29, 1.82) is 0 Å². The predicted octanol–water partition coefficient (Wildman–Crippen LogP) is 8.48. The number of carbonyl (C=O) groups excluding carboxylic acids is 2. The lowest BCUT2D eigenvalue weighted by atomic mass is 9.30. The molecule has 0 spiro atoms. The molecule has 1 aromatic rings. The fourth-order valence-corrected chi connectivity index (χ4v) is 12.9. The van der Waals surface area contributed by atoms with Crippen molar-refractivity contribution in [2.24, 2.45) is 62.6 Å². The van der Waals surface area contributed by atoms with Crippen LogP contribution in [0.5, 0.6) is 0 Å². The largest absolute Gasteiger partial charge is 0.462 e. The lowest BCUT2D eigenvalue weighted by molar-refractivity contribution is -0.305. The molecule has 4 nitrogen and oxygen atoms in total. The lowest BCUT2D eigenvalue weighted by Crippen LogP contribution is -2.73. The maximum Gasteiger partial charge on any atom is 0.338 e. The van der Waals surface area contributed by atoms with E-state index in [4.69, 9.17) is 9.47 Å². The fourth-order valence-electron chi connectivity index (χ4n) is 12.9. The molecule has 2 bridgehead atoms. The molecule has 4 heteroatoms. The SMILES string of the molecule is C[C@@H]1[C@H]2[C@@H]3[C@H]4C[C@@H]5[C@@]6(C)CC[C@@H](OC(=O)c7ccccc7)C(C)(C)C6CC[C@@]5(C)[C@]3(C)CC[C@]2(CC[C@H]1C)C(=O)O4. The van der Waals surface area contributed by atoms with Crippen LogP contribution in [0.3, 0.4) is 0 Å². The summed E-state index contributed by atoms with van der Waals surface area (Å²) in [6.45, 7) is 17.4. The van der Waals surface area contributed by atoms with Crippen molar-refractivity contribution >= 4 is 11.9 Å². The van der Waals surface area contributed by atoms with E-state index in [9.17, 15) is 9.59 Å². The molecule has 0 amide bonds. The molecule has 1 aromatic carbocycles. The molecule has 6 aliphatic rings. The predicted molar refractivity (Wildman–Crippen MR) is 160 cm³/mol. The van der Waals surface area contributed by atoms with Crippen LogP contribution in [-0.2, 0) is 14.3 Å². The fraction of sp³-hybridized carbons (Fsp3) is 0.784. The van der Waals surface area contributed by atoms with Gasteiger partial charge in [0.2, 0.25) is 0 Å². The van der Waals surface area contributed by atoms with Gasteiger partial charge in [0.1, 0.15) is 12.2 Å². The van der Waals surface area contributed by atoms with Crippen LogP contribution in [0.1, 0.15) is 117 Å². The minimum absolute atomic E-state index is 0.0454. The van der Waals surface area contributed by atoms with Crippen molar-refractivity contribution in [1.82, 2.24) is 0 Å². The number of hydrogen-bond donors (Lipinski definition) is 0. The molecule has 224 valence electrons. The standard InChI is InChI=1S/C37H52O4/c1-22-13-18-37-20-19-36(7)30(29(37)23(22)2)25(40-32(37)39)21-27-34(5)16-15-28(41-31(38)24-11-9-8-10-12-24)33(3,4)26(34)14-17-35(27,36)6/h8-12,22-23,25-30H,13-21H2,1-7H3/t22-,23+,25-,26?,27-,28-,29+,30+,34+,35-,36-,37+/m1/s1. The van der Waals surface area contributed by atoms with Gasteiger partial charge in [-0.3, -0.25) is 4.79 Å². The Morgan fingerprint density at radius 3 is 2.29 bits per heavy atom. The van der Waals surface area contributed by atoms with Crippen LogP contribution in [0.15, 0.2) is 30.3 Å². The summed E-state index contributed by atoms with van der Waals surface area (Å²) in [6, 6.07) is 9.45. The zero-order chi connectivity index (χ0) is 29.2. The Morgan fingerprint density at radius 2 is 1.56 bits per heavy atom. The van der Waals surface area contributed by atoms with Crippen molar-refractivity contribution in [3.05, 3.63) is 35.9 Å². The molecular weight excluding hydrogens is 508 g/mol. The van der Waals surface area contributed by atoms with Gasteiger partial charge in [-0.05, 0) is 116 Å². The summed E-state index contributed by atoms with van der Waals surface area (Å²) in [4.78, 5) is 27.0. The van der Waals surface area contributed by atoms with Gasteiger partial charge >= 0.3 is 11.9 Å². The molecule has 6 fully saturated rings. The first-order chi connectivity index (χ1) is 19.3. The summed E-state index contributed by atoms with van der Waals surface area (Å²) < 4.78 is 12.9. The lowest BCUT2D eigenvalue weighted by Gasteiger charge is -2.76. The van der Waals surface area contributed by atoms with E-state index in [1.165, 1.54) is 12.8 Å². The van der Waals surface area contributed by atoms with Gasteiger partial charge < -0.3 is 9.47 Å². The van der Waals surface area contributed by atoms with Gasteiger partial charge in [-0.15, -0.1) is 0 Å². The minimum Gasteiger partial charge on any atom is -0.462 e. The summed E-state index contributed by atoms with van der Waals surface area (Å²) in [6.07, 6.45) is 9.70. The van der Waals surface area contributed by atoms with E-state index in [1.807, 2.05) is 30.3 Å². The smallest absolute Gasteiger partial charge is 0.338 e. The van der Waals surface area contributed by atoms with Crippen LogP contribution in [0.2, 0.25) is 0 Å². The molecule has 0 aromatic heterocycles. The van der Waals surface area contributed by atoms with Gasteiger partial charge in [-0.2, -0.15) is 0 Å². The maximum atomic E-state index is 13.9. The third-order valence-electron chi connectivity index (χ3n) is 15.4. The molecule has 1 heterocycles. The van der Waals surface area contributed by atoms with Crippen LogP contribution in [0.4, 0.5) is 0 Å². The van der Waals surface area contributed by atoms with Crippen molar-refractivity contribution in [2.75, 3.05) is 0 Å². The minimum atomic E-state index is -0.237. The summed E-state index contributed by atoms with van der Waals surface area (Å²) in [5.74, 6) is 3.10. The van der Waals surface area contributed by atoms with Gasteiger partial charge in [0.25, 0.3) is 0 Å². The topological polar surface area (TPSA) is 52.6 Å². The van der Waals surface area contributed by atoms with E-state index >= 15 is 0 Å². The molecule has 1 saturated heterocycles. The highest BCUT2D eigenvalue weighted by Gasteiger charge is 2.76. The number of esters is 2. The van der Waals surface area contributed by atoms with Crippen molar-refractivity contribution in [3.63, 3.8) is 0 Å². The van der Waals surface area contributed by atoms with E-state index in [0.717, 1.165) is 44.9 Å². The first kappa shape index (κ1) is 28.0. The third kappa shape index (κ3) is 3.46. The quantitative estimate of drug-likeness (QED) is 0.340. The molecule has 7 rings (SSSR count). The monoisotopic (exact) mass is 560 g/mol. The van der Waals surface area contributed by atoms with Gasteiger partial charge in [0.15, 0.2) is 0 Å². The van der Waals surface area contributed by atoms with Gasteiger partial charge in [0, 0.05) is 11.3 Å². The highest BCUT2D eigenvalue weighted by molar-refractivity contribution is 5.89. The second kappa shape index (κ2) is 8.85. The van der Waals surface area contributed by atoms with Crippen molar-refractivity contribution < 1.29 is 19.1 Å². The Balaban J connectivity index is 1.22. The molecule has 12 atom stereocenters. The summed E-state index contributed by atoms with van der Waals surface area (Å²) >= 11 is 0. The maximum absolute atomic E-state index is 13.9. The summed E-state index contributed by atoms with van der Waals surface area (Å²) in [7, 11) is 0. The normalized spacial score (nSPS) is 51.3. The van der Waals surface area contributed by atoms with E-state index in [0.29, 0.717) is 41.1 Å². The molecule has 41 heavy (non-hydrogen) atoms. The molecule has 1 aliphatic heterocycles. The first-order valence-electron chi connectivity index (χ1n) is 16.8. The molecule has 0 N–H and O–H groups in total. The number of carbonyl (C=O) groups is 2. The number of rotatable bonds is 2. The average molecular weight is 561 g/mol. The summed E-state index contributed by atoms with van der Waals surface area (Å²) in [5.41, 5.74) is 0.811. The van der Waals surface area contributed by atoms with Gasteiger partial charge in [0.05, 0.1) is 11.0 Å². The van der Waals surface area contributed by atoms with Crippen molar-refractivity contribution in [3.8, 4) is 0 Å². The Kier molecular flexibility index (Phi) is 6.04.